The lowest BCUT2D eigenvalue weighted by Crippen LogP contribution is -2.47. The third-order valence-corrected chi connectivity index (χ3v) is 2.44. The van der Waals surface area contributed by atoms with Crippen molar-refractivity contribution >= 4 is 18.2 Å². The summed E-state index contributed by atoms with van der Waals surface area (Å²) in [6, 6.07) is 4.93. The number of carbonyl (C=O) groups excluding carboxylic acids is 1. The maximum Gasteiger partial charge on any atom is 0.332 e. The van der Waals surface area contributed by atoms with Gasteiger partial charge < -0.3 is 5.73 Å². The number of carbonyl (C=O) groups is 1. The van der Waals surface area contributed by atoms with E-state index in [0.717, 1.165) is 0 Å². The summed E-state index contributed by atoms with van der Waals surface area (Å²) in [5.74, 6) is -4.61. The third-order valence-electron chi connectivity index (χ3n) is 2.44. The van der Waals surface area contributed by atoms with Crippen LogP contribution in [-0.2, 0) is 17.1 Å². The molecule has 0 heterocycles. The van der Waals surface area contributed by atoms with Crippen molar-refractivity contribution in [1.82, 2.24) is 0 Å². The second-order valence-corrected chi connectivity index (χ2v) is 3.41. The average Bonchev–Trinajstić information content (AvgIpc) is 2.15. The van der Waals surface area contributed by atoms with Crippen LogP contribution in [0.2, 0.25) is 0 Å². The van der Waals surface area contributed by atoms with E-state index in [2.05, 4.69) is 0 Å². The second-order valence-electron chi connectivity index (χ2n) is 3.41. The predicted octanol–water partition coefficient (Wildman–Crippen LogP) is 1.65. The Morgan fingerprint density at radius 3 is 2.60 bits per heavy atom. The molecule has 1 unspecified atom stereocenters. The smallest absolute Gasteiger partial charge is 0.321 e. The molecular formula is C10H10ClF2NO. The Kier molecular flexibility index (Phi) is 3.11. The number of alkyl halides is 2. The van der Waals surface area contributed by atoms with Gasteiger partial charge in [-0.25, -0.2) is 0 Å². The van der Waals surface area contributed by atoms with Crippen LogP contribution in [0.3, 0.4) is 0 Å². The van der Waals surface area contributed by atoms with Gasteiger partial charge in [-0.15, -0.1) is 12.4 Å². The maximum atomic E-state index is 13.4. The van der Waals surface area contributed by atoms with Crippen LogP contribution >= 0.6 is 12.4 Å². The molecule has 2 rings (SSSR count). The lowest BCUT2D eigenvalue weighted by Gasteiger charge is -2.27. The van der Waals surface area contributed by atoms with E-state index in [1.54, 1.807) is 12.1 Å². The number of nitrogens with two attached hydrogens (primary N) is 1. The summed E-state index contributed by atoms with van der Waals surface area (Å²) >= 11 is 0. The second kappa shape index (κ2) is 3.87. The van der Waals surface area contributed by atoms with Crippen molar-refractivity contribution < 1.29 is 13.6 Å². The summed E-state index contributed by atoms with van der Waals surface area (Å²) in [4.78, 5) is 11.1. The van der Waals surface area contributed by atoms with Gasteiger partial charge >= 0.3 is 5.92 Å². The van der Waals surface area contributed by atoms with Gasteiger partial charge in [-0.3, -0.25) is 4.79 Å². The van der Waals surface area contributed by atoms with Crippen LogP contribution in [0.5, 0.6) is 0 Å². The molecule has 0 saturated heterocycles. The highest BCUT2D eigenvalue weighted by molar-refractivity contribution is 5.93. The highest BCUT2D eigenvalue weighted by Gasteiger charge is 2.48. The van der Waals surface area contributed by atoms with E-state index in [1.165, 1.54) is 12.1 Å². The third kappa shape index (κ3) is 1.75. The molecule has 0 spiro atoms. The molecule has 1 aliphatic rings. The number of Topliss-reactive ketones (excluding diaryl/α,β-unsaturated/α-hetero) is 1. The number of benzene rings is 1. The molecule has 0 saturated carbocycles. The SMILES string of the molecule is Cl.NC1Cc2ccccc2C(F)(F)C1=O. The molecule has 5 heteroatoms. The van der Waals surface area contributed by atoms with Crippen LogP contribution in [0, 0.1) is 0 Å². The van der Waals surface area contributed by atoms with Gasteiger partial charge in [-0.05, 0) is 12.0 Å². The summed E-state index contributed by atoms with van der Waals surface area (Å²) in [7, 11) is 0. The molecule has 0 aliphatic heterocycles. The van der Waals surface area contributed by atoms with Crippen LogP contribution in [0.25, 0.3) is 0 Å². The van der Waals surface area contributed by atoms with Crippen LogP contribution < -0.4 is 5.73 Å². The summed E-state index contributed by atoms with van der Waals surface area (Å²) < 4.78 is 26.8. The monoisotopic (exact) mass is 233 g/mol. The quantitative estimate of drug-likeness (QED) is 0.741. The van der Waals surface area contributed by atoms with Gasteiger partial charge in [-0.2, -0.15) is 8.78 Å². The first-order valence-electron chi connectivity index (χ1n) is 4.29. The number of hydrogen-bond donors (Lipinski definition) is 1. The van der Waals surface area contributed by atoms with Crippen molar-refractivity contribution in [3.63, 3.8) is 0 Å². The van der Waals surface area contributed by atoms with Gasteiger partial charge in [0, 0.05) is 5.56 Å². The van der Waals surface area contributed by atoms with Gasteiger partial charge in [0.25, 0.3) is 0 Å². The number of fused-ring (bicyclic) bond motifs is 1. The van der Waals surface area contributed by atoms with E-state index in [4.69, 9.17) is 5.73 Å². The Morgan fingerprint density at radius 1 is 1.33 bits per heavy atom. The minimum Gasteiger partial charge on any atom is -0.321 e. The number of hydrogen-bond acceptors (Lipinski definition) is 2. The first kappa shape index (κ1) is 12.1. The van der Waals surface area contributed by atoms with Crippen LogP contribution in [0.1, 0.15) is 11.1 Å². The normalized spacial score (nSPS) is 22.9. The molecule has 82 valence electrons. The Morgan fingerprint density at radius 2 is 1.93 bits per heavy atom. The molecule has 1 aromatic carbocycles. The molecule has 1 atom stereocenters. The zero-order valence-corrected chi connectivity index (χ0v) is 8.56. The number of rotatable bonds is 0. The molecule has 2 N–H and O–H groups in total. The zero-order valence-electron chi connectivity index (χ0n) is 7.74. The molecule has 15 heavy (non-hydrogen) atoms. The van der Waals surface area contributed by atoms with Crippen molar-refractivity contribution in [2.45, 2.75) is 18.4 Å². The number of halogens is 3. The van der Waals surface area contributed by atoms with Gasteiger partial charge in [0.15, 0.2) is 0 Å². The largest absolute Gasteiger partial charge is 0.332 e. The summed E-state index contributed by atoms with van der Waals surface area (Å²) in [5.41, 5.74) is 5.60. The van der Waals surface area contributed by atoms with E-state index in [0.29, 0.717) is 5.56 Å². The first-order valence-corrected chi connectivity index (χ1v) is 4.29. The highest BCUT2D eigenvalue weighted by Crippen LogP contribution is 2.36. The fourth-order valence-corrected chi connectivity index (χ4v) is 1.70. The lowest BCUT2D eigenvalue weighted by atomic mass is 9.85. The minimum atomic E-state index is -3.42. The molecule has 0 bridgehead atoms. The van der Waals surface area contributed by atoms with E-state index in [1.807, 2.05) is 0 Å². The standard InChI is InChI=1S/C10H9F2NO.ClH/c11-10(12)7-4-2-1-3-6(7)5-8(13)9(10)14;/h1-4,8H,5,13H2;1H. The van der Waals surface area contributed by atoms with Crippen molar-refractivity contribution in [2.24, 2.45) is 5.73 Å². The fourth-order valence-electron chi connectivity index (χ4n) is 1.70. The van der Waals surface area contributed by atoms with Crippen LogP contribution in [-0.4, -0.2) is 11.8 Å². The summed E-state index contributed by atoms with van der Waals surface area (Å²) in [5, 5.41) is 0. The Bertz CT molecular complexity index is 395. The first-order chi connectivity index (χ1) is 6.53. The average molecular weight is 234 g/mol. The van der Waals surface area contributed by atoms with E-state index >= 15 is 0 Å². The van der Waals surface area contributed by atoms with Gasteiger partial charge in [-0.1, -0.05) is 24.3 Å². The number of ketones is 1. The van der Waals surface area contributed by atoms with Gasteiger partial charge in [0.1, 0.15) is 0 Å². The predicted molar refractivity (Wildman–Crippen MR) is 54.3 cm³/mol. The molecule has 1 aliphatic carbocycles. The highest BCUT2D eigenvalue weighted by atomic mass is 35.5. The van der Waals surface area contributed by atoms with E-state index in [-0.39, 0.29) is 24.4 Å². The fraction of sp³-hybridized carbons (Fsp3) is 0.300. The molecule has 1 aromatic rings. The van der Waals surface area contributed by atoms with Crippen molar-refractivity contribution in [3.05, 3.63) is 35.4 Å². The molecule has 0 amide bonds. The maximum absolute atomic E-state index is 13.4. The molecule has 0 radical (unpaired) electrons. The van der Waals surface area contributed by atoms with Gasteiger partial charge in [0.2, 0.25) is 5.78 Å². The van der Waals surface area contributed by atoms with E-state index < -0.39 is 17.7 Å². The summed E-state index contributed by atoms with van der Waals surface area (Å²) in [6.45, 7) is 0. The summed E-state index contributed by atoms with van der Waals surface area (Å²) in [6.07, 6.45) is 0.199. The van der Waals surface area contributed by atoms with E-state index in [9.17, 15) is 13.6 Å². The van der Waals surface area contributed by atoms with Crippen molar-refractivity contribution in [2.75, 3.05) is 0 Å². The Balaban J connectivity index is 0.00000112. The lowest BCUT2D eigenvalue weighted by molar-refractivity contribution is -0.147. The molecule has 0 fully saturated rings. The van der Waals surface area contributed by atoms with Crippen LogP contribution in [0.15, 0.2) is 24.3 Å². The molecule has 0 aromatic heterocycles. The van der Waals surface area contributed by atoms with Crippen LogP contribution in [0.4, 0.5) is 8.78 Å². The topological polar surface area (TPSA) is 43.1 Å². The minimum absolute atomic E-state index is 0. The molecule has 2 nitrogen and oxygen atoms in total. The molecular weight excluding hydrogens is 224 g/mol. The Hall–Kier alpha value is -1.00. The van der Waals surface area contributed by atoms with Gasteiger partial charge in [0.05, 0.1) is 6.04 Å². The van der Waals surface area contributed by atoms with Crippen molar-refractivity contribution in [1.29, 1.82) is 0 Å². The Labute approximate surface area is 91.9 Å². The zero-order chi connectivity index (χ0) is 10.3. The van der Waals surface area contributed by atoms with Crippen molar-refractivity contribution in [3.8, 4) is 0 Å².